The average molecular weight is 332 g/mol. The Bertz CT molecular complexity index is 711. The van der Waals surface area contributed by atoms with Gasteiger partial charge in [-0.3, -0.25) is 18.8 Å². The lowest BCUT2D eigenvalue weighted by Gasteiger charge is -2.13. The van der Waals surface area contributed by atoms with E-state index >= 15 is 0 Å². The molecule has 1 N–H and O–H groups in total. The maximum atomic E-state index is 12.4. The second kappa shape index (κ2) is 8.44. The Kier molecular flexibility index (Phi) is 6.31. The van der Waals surface area contributed by atoms with Crippen LogP contribution in [0.25, 0.3) is 5.65 Å². The molecular formula is C17H24N4O3. The van der Waals surface area contributed by atoms with Gasteiger partial charge in [-0.05, 0) is 31.9 Å². The summed E-state index contributed by atoms with van der Waals surface area (Å²) >= 11 is 0. The zero-order valence-corrected chi connectivity index (χ0v) is 14.4. The Morgan fingerprint density at radius 1 is 1.29 bits per heavy atom. The van der Waals surface area contributed by atoms with Crippen molar-refractivity contribution in [3.63, 3.8) is 0 Å². The van der Waals surface area contributed by atoms with Crippen LogP contribution in [0.15, 0.2) is 24.4 Å². The highest BCUT2D eigenvalue weighted by Crippen LogP contribution is 2.11. The summed E-state index contributed by atoms with van der Waals surface area (Å²) in [7, 11) is 3.07. The molecule has 0 aliphatic heterocycles. The van der Waals surface area contributed by atoms with Gasteiger partial charge in [-0.25, -0.2) is 10.0 Å². The molecule has 0 atom stereocenters. The first-order chi connectivity index (χ1) is 11.5. The molecule has 0 aromatic carbocycles. The smallest absolute Gasteiger partial charge is 0.270 e. The van der Waals surface area contributed by atoms with Gasteiger partial charge >= 0.3 is 0 Å². The third kappa shape index (κ3) is 4.32. The summed E-state index contributed by atoms with van der Waals surface area (Å²) in [5.41, 5.74) is 2.05. The molecule has 0 fully saturated rings. The predicted molar refractivity (Wildman–Crippen MR) is 90.5 cm³/mol. The van der Waals surface area contributed by atoms with Gasteiger partial charge in [-0.1, -0.05) is 12.5 Å². The fourth-order valence-electron chi connectivity index (χ4n) is 2.51. The summed E-state index contributed by atoms with van der Waals surface area (Å²) in [6, 6.07) is 5.64. The molecule has 0 aliphatic carbocycles. The van der Waals surface area contributed by atoms with Crippen molar-refractivity contribution in [1.82, 2.24) is 19.8 Å². The lowest BCUT2D eigenvalue weighted by atomic mass is 10.2. The number of carbonyl (C=O) groups excluding carboxylic acids is 2. The number of aryl methyl sites for hydroxylation is 1. The summed E-state index contributed by atoms with van der Waals surface area (Å²) in [6.45, 7) is 2.41. The first-order valence-corrected chi connectivity index (χ1v) is 8.07. The van der Waals surface area contributed by atoms with Crippen molar-refractivity contribution in [2.24, 2.45) is 0 Å². The molecule has 7 heteroatoms. The number of pyridine rings is 1. The molecule has 0 bridgehead atoms. The highest BCUT2D eigenvalue weighted by molar-refractivity contribution is 5.94. The molecule has 0 saturated heterocycles. The number of carbonyl (C=O) groups is 2. The van der Waals surface area contributed by atoms with Crippen molar-refractivity contribution in [2.75, 3.05) is 20.7 Å². The van der Waals surface area contributed by atoms with Gasteiger partial charge in [0.15, 0.2) is 0 Å². The van der Waals surface area contributed by atoms with E-state index in [2.05, 4.69) is 10.3 Å². The van der Waals surface area contributed by atoms with Crippen LogP contribution in [0.3, 0.4) is 0 Å². The van der Waals surface area contributed by atoms with Crippen LogP contribution in [0, 0.1) is 6.92 Å². The molecule has 2 aromatic heterocycles. The van der Waals surface area contributed by atoms with E-state index < -0.39 is 0 Å². The van der Waals surface area contributed by atoms with Gasteiger partial charge in [-0.15, -0.1) is 0 Å². The van der Waals surface area contributed by atoms with Gasteiger partial charge in [0, 0.05) is 26.2 Å². The summed E-state index contributed by atoms with van der Waals surface area (Å²) in [4.78, 5) is 33.1. The largest absolute Gasteiger partial charge is 0.351 e. The number of hydrogen-bond donors (Lipinski definition) is 1. The van der Waals surface area contributed by atoms with E-state index in [0.29, 0.717) is 24.4 Å². The molecule has 0 saturated carbocycles. The van der Waals surface area contributed by atoms with Gasteiger partial charge in [0.05, 0.1) is 12.8 Å². The van der Waals surface area contributed by atoms with Crippen molar-refractivity contribution in [2.45, 2.75) is 32.6 Å². The van der Waals surface area contributed by atoms with E-state index in [1.54, 1.807) is 11.4 Å². The molecule has 2 heterocycles. The monoisotopic (exact) mass is 332 g/mol. The topological polar surface area (TPSA) is 75.9 Å². The number of unbranched alkanes of at least 4 members (excludes halogenated alkanes) is 2. The lowest BCUT2D eigenvalue weighted by molar-refractivity contribution is -0.168. The molecule has 130 valence electrons. The highest BCUT2D eigenvalue weighted by Gasteiger charge is 2.15. The molecule has 0 unspecified atom stereocenters. The normalized spacial score (nSPS) is 10.8. The van der Waals surface area contributed by atoms with Crippen LogP contribution < -0.4 is 5.32 Å². The molecule has 0 radical (unpaired) electrons. The van der Waals surface area contributed by atoms with Gasteiger partial charge in [0.25, 0.3) is 5.91 Å². The van der Waals surface area contributed by atoms with E-state index in [-0.39, 0.29) is 11.8 Å². The molecule has 2 aromatic rings. The minimum absolute atomic E-state index is 0.0390. The molecule has 2 rings (SSSR count). The van der Waals surface area contributed by atoms with E-state index in [1.165, 1.54) is 12.2 Å². The van der Waals surface area contributed by atoms with Crippen LogP contribution in [0.5, 0.6) is 0 Å². The number of hydrogen-bond acceptors (Lipinski definition) is 4. The van der Waals surface area contributed by atoms with Crippen LogP contribution in [-0.2, 0) is 9.63 Å². The molecule has 0 spiro atoms. The van der Waals surface area contributed by atoms with Crippen LogP contribution in [0.1, 0.15) is 41.9 Å². The van der Waals surface area contributed by atoms with E-state index in [1.807, 2.05) is 31.3 Å². The van der Waals surface area contributed by atoms with Crippen LogP contribution in [0.2, 0.25) is 0 Å². The van der Waals surface area contributed by atoms with Crippen molar-refractivity contribution < 1.29 is 14.4 Å². The summed E-state index contributed by atoms with van der Waals surface area (Å²) < 4.78 is 1.80. The SMILES string of the molecule is CON(C)C(=O)CCCCCNC(=O)c1c(C)nc2ccccn12. The number of fused-ring (bicyclic) bond motifs is 1. The van der Waals surface area contributed by atoms with Crippen LogP contribution in [-0.4, -0.2) is 47.0 Å². The molecule has 7 nitrogen and oxygen atoms in total. The van der Waals surface area contributed by atoms with E-state index in [4.69, 9.17) is 4.84 Å². The Labute approximate surface area is 141 Å². The molecule has 24 heavy (non-hydrogen) atoms. The fraction of sp³-hybridized carbons (Fsp3) is 0.471. The van der Waals surface area contributed by atoms with Crippen molar-refractivity contribution in [1.29, 1.82) is 0 Å². The third-order valence-electron chi connectivity index (χ3n) is 3.90. The fourth-order valence-corrected chi connectivity index (χ4v) is 2.51. The first kappa shape index (κ1) is 17.9. The van der Waals surface area contributed by atoms with E-state index in [9.17, 15) is 9.59 Å². The predicted octanol–water partition coefficient (Wildman–Crippen LogP) is 1.95. The molecule has 0 aliphatic rings. The summed E-state index contributed by atoms with van der Waals surface area (Å²) in [5, 5.41) is 4.15. The number of hydroxylamine groups is 2. The van der Waals surface area contributed by atoms with Gasteiger partial charge in [0.2, 0.25) is 5.91 Å². The Balaban J connectivity index is 1.76. The minimum atomic E-state index is -0.124. The standard InChI is InChI=1S/C17H24N4O3/c1-13-16(21-12-8-6-9-14(21)19-13)17(23)18-11-7-4-5-10-15(22)20(2)24-3/h6,8-9,12H,4-5,7,10-11H2,1-3H3,(H,18,23). The van der Waals surface area contributed by atoms with E-state index in [0.717, 1.165) is 24.9 Å². The lowest BCUT2D eigenvalue weighted by Crippen LogP contribution is -2.26. The summed E-state index contributed by atoms with van der Waals surface area (Å²) in [6.07, 6.45) is 4.76. The molecule has 2 amide bonds. The number of rotatable bonds is 8. The third-order valence-corrected chi connectivity index (χ3v) is 3.90. The Morgan fingerprint density at radius 2 is 2.08 bits per heavy atom. The number of nitrogens with one attached hydrogen (secondary N) is 1. The second-order valence-corrected chi connectivity index (χ2v) is 5.62. The van der Waals surface area contributed by atoms with Gasteiger partial charge in [0.1, 0.15) is 11.3 Å². The Hall–Kier alpha value is -2.41. The van der Waals surface area contributed by atoms with Crippen molar-refractivity contribution in [3.05, 3.63) is 35.8 Å². The number of nitrogens with zero attached hydrogens (tertiary/aromatic N) is 3. The zero-order chi connectivity index (χ0) is 17.5. The highest BCUT2D eigenvalue weighted by atomic mass is 16.7. The van der Waals surface area contributed by atoms with Crippen molar-refractivity contribution in [3.8, 4) is 0 Å². The van der Waals surface area contributed by atoms with Crippen LogP contribution in [0.4, 0.5) is 0 Å². The number of imidazole rings is 1. The summed E-state index contributed by atoms with van der Waals surface area (Å²) in [5.74, 6) is -0.163. The number of amides is 2. The maximum absolute atomic E-state index is 12.4. The average Bonchev–Trinajstić information content (AvgIpc) is 2.92. The van der Waals surface area contributed by atoms with Crippen molar-refractivity contribution >= 4 is 17.5 Å². The quantitative estimate of drug-likeness (QED) is 0.592. The maximum Gasteiger partial charge on any atom is 0.270 e. The first-order valence-electron chi connectivity index (χ1n) is 8.07. The number of aromatic nitrogens is 2. The molecular weight excluding hydrogens is 308 g/mol. The Morgan fingerprint density at radius 3 is 2.83 bits per heavy atom. The van der Waals surface area contributed by atoms with Gasteiger partial charge in [-0.2, -0.15) is 0 Å². The van der Waals surface area contributed by atoms with Crippen LogP contribution >= 0.6 is 0 Å². The second-order valence-electron chi connectivity index (χ2n) is 5.62. The minimum Gasteiger partial charge on any atom is -0.351 e. The van der Waals surface area contributed by atoms with Gasteiger partial charge < -0.3 is 5.32 Å². The zero-order valence-electron chi connectivity index (χ0n) is 14.4.